The molecule has 3 aliphatic heterocycles. The number of nitrogens with zero attached hydrogens (tertiary/aromatic N) is 3. The molecule has 1 saturated carbocycles. The van der Waals surface area contributed by atoms with Gasteiger partial charge >= 0.3 is 0 Å². The van der Waals surface area contributed by atoms with Crippen molar-refractivity contribution in [2.45, 2.75) is 94.9 Å². The van der Waals surface area contributed by atoms with E-state index in [4.69, 9.17) is 4.74 Å². The summed E-state index contributed by atoms with van der Waals surface area (Å²) >= 11 is 0. The topological polar surface area (TPSA) is 90.4 Å². The quantitative estimate of drug-likeness (QED) is 0.265. The van der Waals surface area contributed by atoms with Gasteiger partial charge in [0.2, 0.25) is 17.7 Å². The molecule has 5 rings (SSSR count). The fourth-order valence-corrected chi connectivity index (χ4v) is 8.54. The number of carbonyl (C=O) groups excluding carboxylic acids is 3. The second-order valence-electron chi connectivity index (χ2n) is 13.2. The van der Waals surface area contributed by atoms with Gasteiger partial charge in [-0.3, -0.25) is 14.4 Å². The Bertz CT molecular complexity index is 1200. The highest BCUT2D eigenvalue weighted by atomic mass is 16.5. The van der Waals surface area contributed by atoms with Gasteiger partial charge < -0.3 is 24.5 Å². The smallest absolute Gasteiger partial charge is 0.248 e. The van der Waals surface area contributed by atoms with Gasteiger partial charge in [0, 0.05) is 38.0 Å². The number of fused-ring (bicyclic) bond motifs is 1. The highest BCUT2D eigenvalue weighted by molar-refractivity contribution is 6.03. The standard InChI is InChI=1S/C35H49N3O5/c1-5-20-36(26-16-10-7-11-17-26)31(40)28-29-32(41)38(22-14-9-15-23-39)30(35(29)24-25(3)34(28,4)43-35)33(42)37(21-6-2)27-18-12-8-13-19-27/h5-7,10-11,16-17,25,27-30,39H,1-2,8-9,12-15,18-24H2,3-4H3/t25?,28-,29+,30?,34+,35?/m1/s1. The Morgan fingerprint density at radius 3 is 2.40 bits per heavy atom. The number of unbranched alkanes of at least 4 members (excludes halogenated alkanes) is 2. The first-order valence-corrected chi connectivity index (χ1v) is 16.2. The average molecular weight is 592 g/mol. The van der Waals surface area contributed by atoms with Crippen LogP contribution in [0.4, 0.5) is 5.69 Å². The maximum absolute atomic E-state index is 14.8. The van der Waals surface area contributed by atoms with Gasteiger partial charge in [-0.05, 0) is 63.5 Å². The number of rotatable bonds is 13. The lowest BCUT2D eigenvalue weighted by molar-refractivity contribution is -0.154. The average Bonchev–Trinajstić information content (AvgIpc) is 3.53. The molecule has 1 aliphatic carbocycles. The zero-order chi connectivity index (χ0) is 30.8. The van der Waals surface area contributed by atoms with E-state index in [1.165, 1.54) is 6.42 Å². The molecule has 3 unspecified atom stereocenters. The number of ether oxygens (including phenoxy) is 1. The number of hydrogen-bond acceptors (Lipinski definition) is 5. The number of para-hydroxylation sites is 1. The summed E-state index contributed by atoms with van der Waals surface area (Å²) in [4.78, 5) is 49.4. The predicted molar refractivity (Wildman–Crippen MR) is 167 cm³/mol. The molecule has 0 radical (unpaired) electrons. The maximum atomic E-state index is 14.8. The summed E-state index contributed by atoms with van der Waals surface area (Å²) in [5.41, 5.74) is -1.22. The van der Waals surface area contributed by atoms with E-state index in [1.54, 1.807) is 22.0 Å². The number of hydrogen-bond donors (Lipinski definition) is 1. The summed E-state index contributed by atoms with van der Waals surface area (Å²) < 4.78 is 7.01. The number of carbonyl (C=O) groups is 3. The van der Waals surface area contributed by atoms with Gasteiger partial charge in [-0.25, -0.2) is 0 Å². The summed E-state index contributed by atoms with van der Waals surface area (Å²) in [7, 11) is 0. The minimum atomic E-state index is -1.08. The van der Waals surface area contributed by atoms with Crippen LogP contribution in [0.3, 0.4) is 0 Å². The molecule has 2 bridgehead atoms. The van der Waals surface area contributed by atoms with Crippen LogP contribution in [0.2, 0.25) is 0 Å². The number of aliphatic hydroxyl groups excluding tert-OH is 1. The molecule has 3 amide bonds. The van der Waals surface area contributed by atoms with E-state index in [0.717, 1.165) is 37.8 Å². The second-order valence-corrected chi connectivity index (χ2v) is 13.2. The Balaban J connectivity index is 1.57. The predicted octanol–water partition coefficient (Wildman–Crippen LogP) is 4.73. The molecule has 1 aromatic carbocycles. The second kappa shape index (κ2) is 12.9. The van der Waals surface area contributed by atoms with Crippen LogP contribution >= 0.6 is 0 Å². The van der Waals surface area contributed by atoms with E-state index < -0.39 is 29.1 Å². The minimum absolute atomic E-state index is 0.0287. The lowest BCUT2D eigenvalue weighted by Gasteiger charge is -2.41. The molecule has 3 saturated heterocycles. The minimum Gasteiger partial charge on any atom is -0.396 e. The third-order valence-electron chi connectivity index (χ3n) is 10.6. The number of benzene rings is 1. The first-order valence-electron chi connectivity index (χ1n) is 16.2. The molecular formula is C35H49N3O5. The van der Waals surface area contributed by atoms with E-state index in [0.29, 0.717) is 38.9 Å². The molecule has 4 fully saturated rings. The number of likely N-dealkylation sites (tertiary alicyclic amines) is 1. The van der Waals surface area contributed by atoms with Crippen LogP contribution in [0.5, 0.6) is 0 Å². The molecule has 0 aromatic heterocycles. The molecule has 1 N–H and O–H groups in total. The van der Waals surface area contributed by atoms with Crippen molar-refractivity contribution in [1.82, 2.24) is 9.80 Å². The normalized spacial score (nSPS) is 31.6. The monoisotopic (exact) mass is 591 g/mol. The summed E-state index contributed by atoms with van der Waals surface area (Å²) in [5, 5.41) is 9.37. The van der Waals surface area contributed by atoms with Gasteiger partial charge in [0.25, 0.3) is 0 Å². The molecule has 6 atom stereocenters. The van der Waals surface area contributed by atoms with Gasteiger partial charge in [0.05, 0.1) is 17.4 Å². The third kappa shape index (κ3) is 5.35. The van der Waals surface area contributed by atoms with E-state index in [2.05, 4.69) is 20.1 Å². The third-order valence-corrected chi connectivity index (χ3v) is 10.6. The molecular weight excluding hydrogens is 542 g/mol. The Hall–Kier alpha value is -2.97. The number of amides is 3. The van der Waals surface area contributed by atoms with Crippen LogP contribution < -0.4 is 4.90 Å². The Kier molecular flexibility index (Phi) is 9.47. The fourth-order valence-electron chi connectivity index (χ4n) is 8.54. The van der Waals surface area contributed by atoms with Crippen LogP contribution in [-0.2, 0) is 19.1 Å². The molecule has 3 heterocycles. The lowest BCUT2D eigenvalue weighted by atomic mass is 9.62. The van der Waals surface area contributed by atoms with Gasteiger partial charge in [0.15, 0.2) is 0 Å². The van der Waals surface area contributed by atoms with Crippen molar-refractivity contribution >= 4 is 23.4 Å². The SMILES string of the molecule is C=CCN(C(=O)[C@H]1[C@H]2C(=O)N(CCCCCO)C(C(=O)N(CC=C)C3CCCCC3)C23CC(C)[C@]1(C)O3)c1ccccc1. The molecule has 1 aromatic rings. The highest BCUT2D eigenvalue weighted by Crippen LogP contribution is 2.65. The number of aliphatic hydroxyl groups is 1. The van der Waals surface area contributed by atoms with Gasteiger partial charge in [-0.2, -0.15) is 0 Å². The van der Waals surface area contributed by atoms with Crippen molar-refractivity contribution in [3.63, 3.8) is 0 Å². The van der Waals surface area contributed by atoms with E-state index in [9.17, 15) is 19.5 Å². The molecule has 43 heavy (non-hydrogen) atoms. The Labute approximate surface area is 256 Å². The fraction of sp³-hybridized carbons (Fsp3) is 0.629. The Morgan fingerprint density at radius 1 is 1.05 bits per heavy atom. The van der Waals surface area contributed by atoms with E-state index in [1.807, 2.05) is 42.2 Å². The largest absolute Gasteiger partial charge is 0.396 e. The van der Waals surface area contributed by atoms with Crippen molar-refractivity contribution in [1.29, 1.82) is 0 Å². The van der Waals surface area contributed by atoms with Gasteiger partial charge in [0.1, 0.15) is 11.6 Å². The maximum Gasteiger partial charge on any atom is 0.248 e. The summed E-state index contributed by atoms with van der Waals surface area (Å²) in [6.45, 7) is 13.1. The van der Waals surface area contributed by atoms with Crippen LogP contribution in [0.25, 0.3) is 0 Å². The first-order chi connectivity index (χ1) is 20.7. The van der Waals surface area contributed by atoms with Crippen molar-refractivity contribution in [3.05, 3.63) is 55.6 Å². The van der Waals surface area contributed by atoms with Crippen molar-refractivity contribution in [2.24, 2.45) is 17.8 Å². The zero-order valence-electron chi connectivity index (χ0n) is 26.0. The van der Waals surface area contributed by atoms with Crippen molar-refractivity contribution in [3.8, 4) is 0 Å². The van der Waals surface area contributed by atoms with E-state index in [-0.39, 0.29) is 36.3 Å². The summed E-state index contributed by atoms with van der Waals surface area (Å²) in [6, 6.07) is 8.79. The zero-order valence-corrected chi connectivity index (χ0v) is 26.0. The molecule has 8 heteroatoms. The van der Waals surface area contributed by atoms with Crippen LogP contribution in [-0.4, -0.2) is 82.2 Å². The summed E-state index contributed by atoms with van der Waals surface area (Å²) in [6.07, 6.45) is 11.3. The molecule has 4 aliphatic rings. The van der Waals surface area contributed by atoms with Gasteiger partial charge in [-0.15, -0.1) is 13.2 Å². The highest BCUT2D eigenvalue weighted by Gasteiger charge is 2.80. The van der Waals surface area contributed by atoms with Crippen LogP contribution in [0.1, 0.15) is 71.6 Å². The Morgan fingerprint density at radius 2 is 1.74 bits per heavy atom. The van der Waals surface area contributed by atoms with Crippen LogP contribution in [0, 0.1) is 17.8 Å². The van der Waals surface area contributed by atoms with E-state index >= 15 is 0 Å². The van der Waals surface area contributed by atoms with Gasteiger partial charge in [-0.1, -0.05) is 56.5 Å². The molecule has 8 nitrogen and oxygen atoms in total. The first kappa shape index (κ1) is 31.5. The summed E-state index contributed by atoms with van der Waals surface area (Å²) in [5.74, 6) is -1.92. The lowest BCUT2D eigenvalue weighted by Crippen LogP contribution is -2.58. The van der Waals surface area contributed by atoms with Crippen molar-refractivity contribution < 1.29 is 24.2 Å². The molecule has 234 valence electrons. The number of anilines is 1. The van der Waals surface area contributed by atoms with Crippen LogP contribution in [0.15, 0.2) is 55.6 Å². The molecule has 1 spiro atoms. The van der Waals surface area contributed by atoms with Crippen molar-refractivity contribution in [2.75, 3.05) is 31.1 Å².